The zero-order chi connectivity index (χ0) is 15.4. The van der Waals surface area contributed by atoms with Crippen molar-refractivity contribution in [1.29, 1.82) is 0 Å². The van der Waals surface area contributed by atoms with Crippen LogP contribution in [-0.2, 0) is 4.79 Å². The van der Waals surface area contributed by atoms with E-state index in [2.05, 4.69) is 21.2 Å². The smallest absolute Gasteiger partial charge is 0.265 e. The summed E-state index contributed by atoms with van der Waals surface area (Å²) >= 11 is 15.1. The van der Waals surface area contributed by atoms with Crippen LogP contribution in [0.2, 0.25) is 10.0 Å². The molecule has 0 aliphatic rings. The van der Waals surface area contributed by atoms with E-state index in [0.29, 0.717) is 21.5 Å². The lowest BCUT2D eigenvalue weighted by atomic mass is 10.3. The Bertz CT molecular complexity index is 647. The summed E-state index contributed by atoms with van der Waals surface area (Å²) in [6, 6.07) is 12.2. The maximum atomic E-state index is 12.0. The largest absolute Gasteiger partial charge is 0.481 e. The van der Waals surface area contributed by atoms with Gasteiger partial charge >= 0.3 is 0 Å². The number of anilines is 1. The molecule has 1 amide bonds. The average Bonchev–Trinajstić information content (AvgIpc) is 2.45. The number of amides is 1. The maximum Gasteiger partial charge on any atom is 0.265 e. The van der Waals surface area contributed by atoms with Crippen LogP contribution >= 0.6 is 39.1 Å². The first-order chi connectivity index (χ1) is 9.95. The molecule has 0 fully saturated rings. The Kier molecular flexibility index (Phi) is 5.51. The minimum atomic E-state index is -0.661. The molecule has 21 heavy (non-hydrogen) atoms. The molecule has 2 aromatic rings. The number of carbonyl (C=O) groups excluding carboxylic acids is 1. The predicted molar refractivity (Wildman–Crippen MR) is 89.3 cm³/mol. The monoisotopic (exact) mass is 387 g/mol. The van der Waals surface area contributed by atoms with Crippen molar-refractivity contribution >= 4 is 50.7 Å². The molecule has 0 bridgehead atoms. The molecule has 0 heterocycles. The highest BCUT2D eigenvalue weighted by molar-refractivity contribution is 9.10. The summed E-state index contributed by atoms with van der Waals surface area (Å²) in [7, 11) is 0. The number of hydrogen-bond acceptors (Lipinski definition) is 2. The fraction of sp³-hybridized carbons (Fsp3) is 0.133. The minimum absolute atomic E-state index is 0.247. The number of ether oxygens (including phenoxy) is 1. The number of hydrogen-bond donors (Lipinski definition) is 1. The van der Waals surface area contributed by atoms with Crippen molar-refractivity contribution in [3.8, 4) is 5.75 Å². The van der Waals surface area contributed by atoms with E-state index in [4.69, 9.17) is 27.9 Å². The van der Waals surface area contributed by atoms with E-state index in [0.717, 1.165) is 4.47 Å². The quantitative estimate of drug-likeness (QED) is 0.785. The normalized spacial score (nSPS) is 11.8. The van der Waals surface area contributed by atoms with Crippen molar-refractivity contribution in [1.82, 2.24) is 0 Å². The van der Waals surface area contributed by atoms with E-state index in [1.807, 2.05) is 12.1 Å². The van der Waals surface area contributed by atoms with Gasteiger partial charge < -0.3 is 10.1 Å². The van der Waals surface area contributed by atoms with E-state index in [-0.39, 0.29) is 5.91 Å². The van der Waals surface area contributed by atoms with E-state index < -0.39 is 6.10 Å². The van der Waals surface area contributed by atoms with Gasteiger partial charge in [0.25, 0.3) is 5.91 Å². The minimum Gasteiger partial charge on any atom is -0.481 e. The molecule has 3 nitrogen and oxygen atoms in total. The topological polar surface area (TPSA) is 38.3 Å². The zero-order valence-electron chi connectivity index (χ0n) is 11.1. The Morgan fingerprint density at radius 1 is 1.14 bits per heavy atom. The van der Waals surface area contributed by atoms with Gasteiger partial charge in [-0.05, 0) is 43.3 Å². The molecule has 0 aliphatic carbocycles. The molecule has 0 radical (unpaired) electrons. The van der Waals surface area contributed by atoms with Crippen molar-refractivity contribution in [2.24, 2.45) is 0 Å². The van der Waals surface area contributed by atoms with Crippen molar-refractivity contribution in [2.45, 2.75) is 13.0 Å². The summed E-state index contributed by atoms with van der Waals surface area (Å²) in [5.74, 6) is 0.242. The van der Waals surface area contributed by atoms with Crippen LogP contribution in [0.1, 0.15) is 6.92 Å². The van der Waals surface area contributed by atoms with Crippen molar-refractivity contribution < 1.29 is 9.53 Å². The Morgan fingerprint density at radius 2 is 1.81 bits per heavy atom. The Balaban J connectivity index is 1.98. The molecule has 6 heteroatoms. The standard InChI is InChI=1S/C15H12BrCl2NO2/c1-9(21-12-6-7-13(17)14(18)8-12)15(20)19-11-4-2-10(16)3-5-11/h2-9H,1H3,(H,19,20)/t9-/m0/s1. The van der Waals surface area contributed by atoms with Gasteiger partial charge in [-0.3, -0.25) is 4.79 Å². The Morgan fingerprint density at radius 3 is 2.43 bits per heavy atom. The van der Waals surface area contributed by atoms with Crippen molar-refractivity contribution in [3.63, 3.8) is 0 Å². The van der Waals surface area contributed by atoms with E-state index >= 15 is 0 Å². The van der Waals surface area contributed by atoms with Gasteiger partial charge in [0.1, 0.15) is 5.75 Å². The molecule has 2 rings (SSSR count). The number of carbonyl (C=O) groups is 1. The molecule has 0 aliphatic heterocycles. The highest BCUT2D eigenvalue weighted by Gasteiger charge is 2.15. The van der Waals surface area contributed by atoms with Crippen LogP contribution in [-0.4, -0.2) is 12.0 Å². The molecule has 110 valence electrons. The van der Waals surface area contributed by atoms with Crippen LogP contribution < -0.4 is 10.1 Å². The lowest BCUT2D eigenvalue weighted by Gasteiger charge is -2.15. The van der Waals surface area contributed by atoms with Gasteiger partial charge in [0.15, 0.2) is 6.10 Å². The molecule has 0 saturated heterocycles. The number of benzene rings is 2. The molecule has 0 saturated carbocycles. The maximum absolute atomic E-state index is 12.0. The van der Waals surface area contributed by atoms with Crippen LogP contribution in [0, 0.1) is 0 Å². The van der Waals surface area contributed by atoms with Gasteiger partial charge in [0, 0.05) is 16.2 Å². The second-order valence-electron chi connectivity index (χ2n) is 4.33. The molecule has 1 atom stereocenters. The van der Waals surface area contributed by atoms with E-state index in [1.165, 1.54) is 0 Å². The number of rotatable bonds is 4. The summed E-state index contributed by atoms with van der Waals surface area (Å²) in [5.41, 5.74) is 0.702. The third-order valence-corrected chi connectivity index (χ3v) is 3.95. The van der Waals surface area contributed by atoms with Gasteiger partial charge in [-0.1, -0.05) is 39.1 Å². The second-order valence-corrected chi connectivity index (χ2v) is 6.06. The molecule has 2 aromatic carbocycles. The fourth-order valence-corrected chi connectivity index (χ4v) is 2.14. The van der Waals surface area contributed by atoms with Crippen LogP contribution in [0.4, 0.5) is 5.69 Å². The highest BCUT2D eigenvalue weighted by atomic mass is 79.9. The van der Waals surface area contributed by atoms with E-state index in [9.17, 15) is 4.79 Å². The lowest BCUT2D eigenvalue weighted by Crippen LogP contribution is -2.30. The van der Waals surface area contributed by atoms with Crippen LogP contribution in [0.15, 0.2) is 46.9 Å². The number of halogens is 3. The van der Waals surface area contributed by atoms with Crippen LogP contribution in [0.5, 0.6) is 5.75 Å². The zero-order valence-corrected chi connectivity index (χ0v) is 14.2. The number of nitrogens with one attached hydrogen (secondary N) is 1. The van der Waals surface area contributed by atoms with Crippen LogP contribution in [0.3, 0.4) is 0 Å². The third-order valence-electron chi connectivity index (χ3n) is 2.68. The second kappa shape index (κ2) is 7.16. The summed E-state index contributed by atoms with van der Waals surface area (Å²) < 4.78 is 6.49. The summed E-state index contributed by atoms with van der Waals surface area (Å²) in [6.45, 7) is 1.66. The van der Waals surface area contributed by atoms with Crippen LogP contribution in [0.25, 0.3) is 0 Å². The fourth-order valence-electron chi connectivity index (χ4n) is 1.58. The first kappa shape index (κ1) is 16.1. The third kappa shape index (κ3) is 4.63. The van der Waals surface area contributed by atoms with Crippen molar-refractivity contribution in [2.75, 3.05) is 5.32 Å². The molecule has 0 aromatic heterocycles. The van der Waals surface area contributed by atoms with Gasteiger partial charge in [-0.25, -0.2) is 0 Å². The molecular weight excluding hydrogens is 377 g/mol. The van der Waals surface area contributed by atoms with Gasteiger partial charge in [-0.15, -0.1) is 0 Å². The highest BCUT2D eigenvalue weighted by Crippen LogP contribution is 2.27. The molecular formula is C15H12BrCl2NO2. The van der Waals surface area contributed by atoms with Gasteiger partial charge in [0.2, 0.25) is 0 Å². The Hall–Kier alpha value is -1.23. The van der Waals surface area contributed by atoms with Crippen molar-refractivity contribution in [3.05, 3.63) is 57.0 Å². The molecule has 0 spiro atoms. The van der Waals surface area contributed by atoms with E-state index in [1.54, 1.807) is 37.3 Å². The molecule has 0 unspecified atom stereocenters. The first-order valence-electron chi connectivity index (χ1n) is 6.14. The van der Waals surface area contributed by atoms with Gasteiger partial charge in [-0.2, -0.15) is 0 Å². The summed E-state index contributed by atoms with van der Waals surface area (Å²) in [6.07, 6.45) is -0.661. The Labute approximate surface area is 141 Å². The van der Waals surface area contributed by atoms with Gasteiger partial charge in [0.05, 0.1) is 10.0 Å². The SMILES string of the molecule is C[C@H](Oc1ccc(Cl)c(Cl)c1)C(=O)Nc1ccc(Br)cc1. The summed E-state index contributed by atoms with van der Waals surface area (Å²) in [4.78, 5) is 12.0. The predicted octanol–water partition coefficient (Wildman–Crippen LogP) is 5.16. The lowest BCUT2D eigenvalue weighted by molar-refractivity contribution is -0.122. The summed E-state index contributed by atoms with van der Waals surface area (Å²) in [5, 5.41) is 3.60. The molecule has 1 N–H and O–H groups in total. The first-order valence-corrected chi connectivity index (χ1v) is 7.69. The average molecular weight is 389 g/mol.